The Labute approximate surface area is 134 Å². The molecule has 2 rings (SSSR count). The fraction of sp³-hybridized carbons (Fsp3) is 0.312. The molecule has 0 fully saturated rings. The molecule has 0 radical (unpaired) electrons. The van der Waals surface area contributed by atoms with Crippen molar-refractivity contribution in [3.8, 4) is 5.75 Å². The summed E-state index contributed by atoms with van der Waals surface area (Å²) in [5.41, 5.74) is 1.29. The molecule has 1 aromatic carbocycles. The molecule has 0 atom stereocenters. The smallest absolute Gasteiger partial charge is 0.264 e. The third-order valence-electron chi connectivity index (χ3n) is 3.10. The third-order valence-corrected chi connectivity index (χ3v) is 3.10. The van der Waals surface area contributed by atoms with Crippen molar-refractivity contribution in [3.05, 3.63) is 41.6 Å². The molecule has 122 valence electrons. The lowest BCUT2D eigenvalue weighted by molar-refractivity contribution is -0.118. The van der Waals surface area contributed by atoms with E-state index in [1.54, 1.807) is 37.4 Å². The van der Waals surface area contributed by atoms with Crippen LogP contribution in [0.5, 0.6) is 5.75 Å². The van der Waals surface area contributed by atoms with Gasteiger partial charge >= 0.3 is 0 Å². The molecule has 2 aromatic rings. The van der Waals surface area contributed by atoms with Gasteiger partial charge in [-0.25, -0.2) is 0 Å². The zero-order valence-corrected chi connectivity index (χ0v) is 13.3. The predicted octanol–water partition coefficient (Wildman–Crippen LogP) is 2.18. The van der Waals surface area contributed by atoms with Crippen molar-refractivity contribution in [2.45, 2.75) is 19.8 Å². The van der Waals surface area contributed by atoms with Crippen LogP contribution in [0.4, 0.5) is 5.88 Å². The first-order valence-electron chi connectivity index (χ1n) is 7.21. The Balaban J connectivity index is 1.85. The maximum atomic E-state index is 11.8. The van der Waals surface area contributed by atoms with Gasteiger partial charge in [0.15, 0.2) is 6.61 Å². The predicted molar refractivity (Wildman–Crippen MR) is 84.5 cm³/mol. The summed E-state index contributed by atoms with van der Waals surface area (Å²) in [7, 11) is 1.56. The van der Waals surface area contributed by atoms with E-state index in [9.17, 15) is 9.59 Å². The van der Waals surface area contributed by atoms with Crippen molar-refractivity contribution in [1.82, 2.24) is 10.5 Å². The van der Waals surface area contributed by atoms with Gasteiger partial charge in [0, 0.05) is 18.7 Å². The number of amides is 2. The van der Waals surface area contributed by atoms with E-state index in [2.05, 4.69) is 15.8 Å². The molecule has 0 spiro atoms. The molecule has 23 heavy (non-hydrogen) atoms. The average molecular weight is 317 g/mol. The molecule has 1 heterocycles. The molecule has 2 amide bonds. The number of nitrogens with zero attached hydrogens (tertiary/aromatic N) is 1. The highest BCUT2D eigenvalue weighted by molar-refractivity contribution is 5.94. The molecule has 1 aromatic heterocycles. The van der Waals surface area contributed by atoms with E-state index >= 15 is 0 Å². The van der Waals surface area contributed by atoms with Gasteiger partial charge in [-0.1, -0.05) is 19.0 Å². The van der Waals surface area contributed by atoms with Crippen LogP contribution in [0.1, 0.15) is 35.8 Å². The lowest BCUT2D eigenvalue weighted by Gasteiger charge is -2.06. The van der Waals surface area contributed by atoms with Crippen LogP contribution in [0, 0.1) is 0 Å². The largest absolute Gasteiger partial charge is 0.484 e. The second kappa shape index (κ2) is 7.44. The van der Waals surface area contributed by atoms with E-state index in [-0.39, 0.29) is 30.2 Å². The Morgan fingerprint density at radius 1 is 1.26 bits per heavy atom. The molecule has 0 unspecified atom stereocenters. The summed E-state index contributed by atoms with van der Waals surface area (Å²) in [5, 5.41) is 8.95. The van der Waals surface area contributed by atoms with Gasteiger partial charge in [-0.05, 0) is 30.2 Å². The van der Waals surface area contributed by atoms with Crippen LogP contribution in [0.3, 0.4) is 0 Å². The molecule has 0 bridgehead atoms. The molecular weight excluding hydrogens is 298 g/mol. The zero-order valence-electron chi connectivity index (χ0n) is 13.3. The number of carbonyl (C=O) groups excluding carboxylic acids is 2. The summed E-state index contributed by atoms with van der Waals surface area (Å²) in [4.78, 5) is 23.2. The second-order valence-electron chi connectivity index (χ2n) is 5.21. The maximum Gasteiger partial charge on any atom is 0.264 e. The summed E-state index contributed by atoms with van der Waals surface area (Å²) in [6.45, 7) is 3.79. The van der Waals surface area contributed by atoms with E-state index in [1.807, 2.05) is 13.8 Å². The van der Waals surface area contributed by atoms with Crippen molar-refractivity contribution < 1.29 is 18.8 Å². The highest BCUT2D eigenvalue weighted by atomic mass is 16.5. The number of ether oxygens (including phenoxy) is 1. The molecule has 2 N–H and O–H groups in total. The summed E-state index contributed by atoms with van der Waals surface area (Å²) in [6.07, 6.45) is 0. The van der Waals surface area contributed by atoms with E-state index in [1.165, 1.54) is 0 Å². The number of carbonyl (C=O) groups is 2. The fourth-order valence-corrected chi connectivity index (χ4v) is 1.79. The van der Waals surface area contributed by atoms with Crippen molar-refractivity contribution in [3.63, 3.8) is 0 Å². The summed E-state index contributed by atoms with van der Waals surface area (Å²) < 4.78 is 10.4. The monoisotopic (exact) mass is 317 g/mol. The molecular formula is C16H19N3O4. The van der Waals surface area contributed by atoms with Crippen molar-refractivity contribution in [1.29, 1.82) is 0 Å². The van der Waals surface area contributed by atoms with E-state index < -0.39 is 0 Å². The summed E-state index contributed by atoms with van der Waals surface area (Å²) in [5.74, 6) is 0.470. The van der Waals surface area contributed by atoms with Gasteiger partial charge in [-0.15, -0.1) is 0 Å². The first-order chi connectivity index (χ1) is 11.0. The second-order valence-corrected chi connectivity index (χ2v) is 5.21. The molecule has 0 aliphatic rings. The van der Waals surface area contributed by atoms with Gasteiger partial charge in [-0.3, -0.25) is 14.9 Å². The van der Waals surface area contributed by atoms with Gasteiger partial charge in [-0.2, -0.15) is 0 Å². The van der Waals surface area contributed by atoms with E-state index in [4.69, 9.17) is 9.26 Å². The molecule has 0 aliphatic heterocycles. The fourth-order valence-electron chi connectivity index (χ4n) is 1.79. The number of anilines is 1. The molecule has 7 nitrogen and oxygen atoms in total. The first-order valence-corrected chi connectivity index (χ1v) is 7.21. The number of benzene rings is 1. The van der Waals surface area contributed by atoms with Crippen molar-refractivity contribution in [2.24, 2.45) is 0 Å². The van der Waals surface area contributed by atoms with Gasteiger partial charge in [0.1, 0.15) is 5.75 Å². The van der Waals surface area contributed by atoms with Crippen molar-refractivity contribution in [2.75, 3.05) is 19.0 Å². The van der Waals surface area contributed by atoms with Crippen LogP contribution in [0.2, 0.25) is 0 Å². The van der Waals surface area contributed by atoms with Crippen LogP contribution in [0.25, 0.3) is 0 Å². The SMILES string of the molecule is CNC(=O)c1ccc(OCC(=O)Nc2cc(C(C)C)no2)cc1. The Kier molecular flexibility index (Phi) is 5.35. The highest BCUT2D eigenvalue weighted by Crippen LogP contribution is 2.17. The number of nitrogens with one attached hydrogen (secondary N) is 2. The van der Waals surface area contributed by atoms with Crippen LogP contribution in [0.15, 0.2) is 34.9 Å². The zero-order chi connectivity index (χ0) is 16.8. The Hall–Kier alpha value is -2.83. The van der Waals surface area contributed by atoms with Crippen LogP contribution in [-0.4, -0.2) is 30.6 Å². The van der Waals surface area contributed by atoms with Gasteiger partial charge in [0.05, 0.1) is 5.69 Å². The van der Waals surface area contributed by atoms with Crippen LogP contribution >= 0.6 is 0 Å². The third kappa shape index (κ3) is 4.57. The first kappa shape index (κ1) is 16.5. The highest BCUT2D eigenvalue weighted by Gasteiger charge is 2.11. The van der Waals surface area contributed by atoms with E-state index in [0.29, 0.717) is 11.3 Å². The standard InChI is InChI=1S/C16H19N3O4/c1-10(2)13-8-15(23-19-13)18-14(20)9-22-12-6-4-11(5-7-12)16(21)17-3/h4-8,10H,9H2,1-3H3,(H,17,21)(H,18,20). The van der Waals surface area contributed by atoms with Crippen molar-refractivity contribution >= 4 is 17.7 Å². The summed E-state index contributed by atoms with van der Waals surface area (Å²) >= 11 is 0. The lowest BCUT2D eigenvalue weighted by atomic mass is 10.1. The molecule has 7 heteroatoms. The minimum absolute atomic E-state index is 0.170. The van der Waals surface area contributed by atoms with Gasteiger partial charge < -0.3 is 14.6 Å². The van der Waals surface area contributed by atoms with Crippen LogP contribution < -0.4 is 15.4 Å². The topological polar surface area (TPSA) is 93.5 Å². The Bertz CT molecular complexity index is 677. The molecule has 0 saturated carbocycles. The Morgan fingerprint density at radius 2 is 1.96 bits per heavy atom. The normalized spacial score (nSPS) is 10.4. The lowest BCUT2D eigenvalue weighted by Crippen LogP contribution is -2.20. The minimum Gasteiger partial charge on any atom is -0.484 e. The van der Waals surface area contributed by atoms with Gasteiger partial charge in [0.2, 0.25) is 5.88 Å². The van der Waals surface area contributed by atoms with Crippen LogP contribution in [-0.2, 0) is 4.79 Å². The molecule has 0 saturated heterocycles. The van der Waals surface area contributed by atoms with Gasteiger partial charge in [0.25, 0.3) is 11.8 Å². The average Bonchev–Trinajstić information content (AvgIpc) is 3.01. The number of rotatable bonds is 6. The summed E-state index contributed by atoms with van der Waals surface area (Å²) in [6, 6.07) is 8.18. The molecule has 0 aliphatic carbocycles. The number of hydrogen-bond donors (Lipinski definition) is 2. The number of hydrogen-bond acceptors (Lipinski definition) is 5. The minimum atomic E-state index is -0.355. The Morgan fingerprint density at radius 3 is 2.52 bits per heavy atom. The quantitative estimate of drug-likeness (QED) is 0.851. The number of aromatic nitrogens is 1. The van der Waals surface area contributed by atoms with E-state index in [0.717, 1.165) is 5.69 Å². The maximum absolute atomic E-state index is 11.8.